The molecule has 0 aliphatic heterocycles. The Morgan fingerprint density at radius 2 is 2.10 bits per heavy atom. The molecule has 21 heavy (non-hydrogen) atoms. The highest BCUT2D eigenvalue weighted by Crippen LogP contribution is 2.25. The maximum absolute atomic E-state index is 12.3. The summed E-state index contributed by atoms with van der Waals surface area (Å²) < 4.78 is 31.9. The van der Waals surface area contributed by atoms with Crippen LogP contribution in [0.25, 0.3) is 0 Å². The summed E-state index contributed by atoms with van der Waals surface area (Å²) in [6.45, 7) is 0.267. The molecule has 0 bridgehead atoms. The number of para-hydroxylation sites is 1. The minimum atomic E-state index is -3.82. The van der Waals surface area contributed by atoms with Gasteiger partial charge in [0, 0.05) is 18.1 Å². The van der Waals surface area contributed by atoms with E-state index < -0.39 is 16.0 Å². The first-order valence-electron chi connectivity index (χ1n) is 5.85. The van der Waals surface area contributed by atoms with E-state index in [1.807, 2.05) is 0 Å². The molecule has 2 N–H and O–H groups in total. The summed E-state index contributed by atoms with van der Waals surface area (Å²) in [6.07, 6.45) is 0. The van der Waals surface area contributed by atoms with Crippen molar-refractivity contribution in [1.82, 2.24) is 0 Å². The van der Waals surface area contributed by atoms with Gasteiger partial charge < -0.3 is 9.84 Å². The van der Waals surface area contributed by atoms with Crippen LogP contribution in [0.15, 0.2) is 39.9 Å². The van der Waals surface area contributed by atoms with Gasteiger partial charge in [-0.25, -0.2) is 13.2 Å². The van der Waals surface area contributed by atoms with Crippen LogP contribution in [0.5, 0.6) is 0 Å². The zero-order valence-corrected chi connectivity index (χ0v) is 12.7. The topological polar surface area (TPSA) is 92.7 Å². The molecule has 1 aromatic carbocycles. The predicted octanol–water partition coefficient (Wildman–Crippen LogP) is 2.39. The second-order valence-corrected chi connectivity index (χ2v) is 6.98. The number of hydrogen-bond donors (Lipinski definition) is 2. The molecule has 0 unspecified atom stereocenters. The minimum Gasteiger partial charge on any atom is -0.478 e. The zero-order chi connectivity index (χ0) is 15.5. The number of methoxy groups -OCH3 is 1. The van der Waals surface area contributed by atoms with Gasteiger partial charge in [-0.05, 0) is 12.1 Å². The monoisotopic (exact) mass is 327 g/mol. The van der Waals surface area contributed by atoms with E-state index in [9.17, 15) is 13.2 Å². The first-order chi connectivity index (χ1) is 9.94. The van der Waals surface area contributed by atoms with E-state index in [0.717, 1.165) is 17.4 Å². The number of aromatic carboxylic acids is 1. The maximum Gasteiger partial charge on any atom is 0.336 e. The molecule has 0 aliphatic rings. The highest BCUT2D eigenvalue weighted by Gasteiger charge is 2.20. The van der Waals surface area contributed by atoms with Crippen molar-refractivity contribution in [2.75, 3.05) is 11.8 Å². The molecule has 8 heteroatoms. The molecule has 2 rings (SSSR count). The van der Waals surface area contributed by atoms with E-state index in [1.165, 1.54) is 12.5 Å². The van der Waals surface area contributed by atoms with Gasteiger partial charge in [0.05, 0.1) is 17.9 Å². The molecule has 0 amide bonds. The molecule has 0 radical (unpaired) electrons. The number of carboxylic acids is 1. The first-order valence-corrected chi connectivity index (χ1v) is 8.22. The van der Waals surface area contributed by atoms with Gasteiger partial charge in [0.15, 0.2) is 0 Å². The number of hydrogen-bond acceptors (Lipinski definition) is 5. The van der Waals surface area contributed by atoms with Crippen LogP contribution in [0.2, 0.25) is 0 Å². The second-order valence-electron chi connectivity index (χ2n) is 4.16. The molecule has 2 aromatic rings. The second kappa shape index (κ2) is 6.25. The molecule has 0 aliphatic carbocycles. The number of ether oxygens (including phenoxy) is 1. The first kappa shape index (κ1) is 15.5. The lowest BCUT2D eigenvalue weighted by Gasteiger charge is -2.10. The van der Waals surface area contributed by atoms with Crippen LogP contribution in [-0.2, 0) is 21.4 Å². The van der Waals surface area contributed by atoms with Gasteiger partial charge in [-0.3, -0.25) is 4.72 Å². The molecule has 0 fully saturated rings. The number of nitrogens with one attached hydrogen (secondary N) is 1. The molecule has 6 nitrogen and oxygen atoms in total. The summed E-state index contributed by atoms with van der Waals surface area (Å²) >= 11 is 0.861. The Morgan fingerprint density at radius 1 is 1.38 bits per heavy atom. The number of sulfonamides is 1. The number of benzene rings is 1. The van der Waals surface area contributed by atoms with Crippen LogP contribution < -0.4 is 4.72 Å². The fourth-order valence-corrected chi connectivity index (χ4v) is 3.92. The summed E-state index contributed by atoms with van der Waals surface area (Å²) in [4.78, 5) is 10.8. The fourth-order valence-electron chi connectivity index (χ4n) is 1.67. The predicted molar refractivity (Wildman–Crippen MR) is 79.2 cm³/mol. The summed E-state index contributed by atoms with van der Waals surface area (Å²) in [7, 11) is -2.30. The molecule has 1 heterocycles. The summed E-state index contributed by atoms with van der Waals surface area (Å²) in [6, 6.07) is 7.98. The number of carbonyl (C=O) groups is 1. The number of rotatable bonds is 6. The summed E-state index contributed by atoms with van der Waals surface area (Å²) in [5, 5.41) is 10.1. The summed E-state index contributed by atoms with van der Waals surface area (Å²) in [5.74, 6) is -1.16. The Labute approximate surface area is 126 Å². The average molecular weight is 327 g/mol. The Morgan fingerprint density at radius 3 is 2.71 bits per heavy atom. The van der Waals surface area contributed by atoms with Crippen molar-refractivity contribution >= 4 is 33.0 Å². The number of thiophene rings is 1. The largest absolute Gasteiger partial charge is 0.478 e. The van der Waals surface area contributed by atoms with Crippen molar-refractivity contribution in [3.8, 4) is 0 Å². The van der Waals surface area contributed by atoms with Gasteiger partial charge >= 0.3 is 5.97 Å². The van der Waals surface area contributed by atoms with Crippen molar-refractivity contribution in [1.29, 1.82) is 0 Å². The lowest BCUT2D eigenvalue weighted by Crippen LogP contribution is -2.13. The van der Waals surface area contributed by atoms with E-state index in [0.29, 0.717) is 11.3 Å². The Balaban J connectivity index is 2.30. The van der Waals surface area contributed by atoms with Crippen LogP contribution in [0.3, 0.4) is 0 Å². The van der Waals surface area contributed by atoms with Gasteiger partial charge in [0.1, 0.15) is 4.21 Å². The maximum atomic E-state index is 12.3. The lowest BCUT2D eigenvalue weighted by molar-refractivity contribution is 0.0697. The lowest BCUT2D eigenvalue weighted by atomic mass is 10.2. The summed E-state index contributed by atoms with van der Waals surface area (Å²) in [5.41, 5.74) is 1.05. The van der Waals surface area contributed by atoms with E-state index >= 15 is 0 Å². The molecule has 0 atom stereocenters. The smallest absolute Gasteiger partial charge is 0.336 e. The van der Waals surface area contributed by atoms with Gasteiger partial charge in [-0.2, -0.15) is 0 Å². The van der Waals surface area contributed by atoms with Crippen molar-refractivity contribution < 1.29 is 23.1 Å². The molecular formula is C13H13NO5S2. The van der Waals surface area contributed by atoms with Crippen LogP contribution >= 0.6 is 11.3 Å². The third-order valence-corrected chi connectivity index (χ3v) is 5.45. The van der Waals surface area contributed by atoms with Gasteiger partial charge in [0.25, 0.3) is 10.0 Å². The fraction of sp³-hybridized carbons (Fsp3) is 0.154. The molecule has 1 aromatic heterocycles. The number of carboxylic acid groups (broad SMARTS) is 1. The average Bonchev–Trinajstić information content (AvgIpc) is 2.92. The van der Waals surface area contributed by atoms with Crippen LogP contribution in [-0.4, -0.2) is 26.6 Å². The van der Waals surface area contributed by atoms with Crippen LogP contribution in [0.4, 0.5) is 5.69 Å². The minimum absolute atomic E-state index is 0.0490. The third-order valence-electron chi connectivity index (χ3n) is 2.65. The van der Waals surface area contributed by atoms with E-state index in [4.69, 9.17) is 9.84 Å². The van der Waals surface area contributed by atoms with Crippen LogP contribution in [0, 0.1) is 0 Å². The molecular weight excluding hydrogens is 314 g/mol. The molecule has 112 valence electrons. The molecule has 0 saturated carbocycles. The van der Waals surface area contributed by atoms with E-state index in [1.54, 1.807) is 24.3 Å². The van der Waals surface area contributed by atoms with Crippen molar-refractivity contribution in [2.45, 2.75) is 10.8 Å². The highest BCUT2D eigenvalue weighted by atomic mass is 32.2. The van der Waals surface area contributed by atoms with Crippen molar-refractivity contribution in [3.63, 3.8) is 0 Å². The molecule has 0 saturated heterocycles. The molecule has 0 spiro atoms. The standard InChI is InChI=1S/C13H13NO5S2/c1-19-7-9-4-2-3-5-11(9)14-21(17,18)12-6-10(8-20-12)13(15)16/h2-6,8,14H,7H2,1H3,(H,15,16). The normalized spacial score (nSPS) is 11.3. The van der Waals surface area contributed by atoms with Crippen LogP contribution in [0.1, 0.15) is 15.9 Å². The number of anilines is 1. The van der Waals surface area contributed by atoms with Crippen molar-refractivity contribution in [3.05, 3.63) is 46.8 Å². The third kappa shape index (κ3) is 3.60. The Bertz CT molecular complexity index is 751. The van der Waals surface area contributed by atoms with E-state index in [-0.39, 0.29) is 16.4 Å². The Hall–Kier alpha value is -1.90. The SMILES string of the molecule is COCc1ccccc1NS(=O)(=O)c1cc(C(=O)O)cs1. The Kier molecular flexibility index (Phi) is 4.61. The highest BCUT2D eigenvalue weighted by molar-refractivity contribution is 7.94. The zero-order valence-electron chi connectivity index (χ0n) is 11.1. The van der Waals surface area contributed by atoms with Gasteiger partial charge in [-0.1, -0.05) is 18.2 Å². The van der Waals surface area contributed by atoms with Crippen molar-refractivity contribution in [2.24, 2.45) is 0 Å². The van der Waals surface area contributed by atoms with Gasteiger partial charge in [0.2, 0.25) is 0 Å². The quantitative estimate of drug-likeness (QED) is 0.850. The van der Waals surface area contributed by atoms with E-state index in [2.05, 4.69) is 4.72 Å². The van der Waals surface area contributed by atoms with Gasteiger partial charge in [-0.15, -0.1) is 11.3 Å².